The van der Waals surface area contributed by atoms with Crippen molar-refractivity contribution in [2.45, 2.75) is 50.8 Å². The molecule has 0 amide bonds. The third-order valence-corrected chi connectivity index (χ3v) is 6.72. The van der Waals surface area contributed by atoms with E-state index in [1.807, 2.05) is 0 Å². The monoisotopic (exact) mass is 396 g/mol. The van der Waals surface area contributed by atoms with Crippen LogP contribution in [0.15, 0.2) is 28.8 Å². The van der Waals surface area contributed by atoms with Gasteiger partial charge < -0.3 is 9.84 Å². The molecule has 27 heavy (non-hydrogen) atoms. The standard InChI is InChI=1S/C18H25FN4O3S/c1-12(2)27(24,25)20-11-13-7-9-14(10-8-13)21-18-22-17(23-26-18)15-5-3-4-6-16(15)19/h3-6,12-14,20H,7-11H2,1-2H3,(H,21,22,23)/t13-,14-. The maximum absolute atomic E-state index is 13.8. The first kappa shape index (κ1) is 19.8. The maximum atomic E-state index is 13.8. The van der Waals surface area contributed by atoms with Crippen molar-refractivity contribution >= 4 is 16.0 Å². The van der Waals surface area contributed by atoms with E-state index < -0.39 is 21.1 Å². The summed E-state index contributed by atoms with van der Waals surface area (Å²) in [4.78, 5) is 4.22. The molecule has 0 unspecified atom stereocenters. The second kappa shape index (κ2) is 8.35. The van der Waals surface area contributed by atoms with E-state index in [0.29, 0.717) is 18.0 Å². The summed E-state index contributed by atoms with van der Waals surface area (Å²) in [5.41, 5.74) is 0.301. The normalized spacial score (nSPS) is 20.7. The van der Waals surface area contributed by atoms with E-state index >= 15 is 0 Å². The number of hydrogen-bond donors (Lipinski definition) is 2. The fourth-order valence-electron chi connectivity index (χ4n) is 3.12. The molecule has 1 fully saturated rings. The molecule has 1 aromatic heterocycles. The smallest absolute Gasteiger partial charge is 0.322 e. The van der Waals surface area contributed by atoms with Crippen molar-refractivity contribution in [2.75, 3.05) is 11.9 Å². The summed E-state index contributed by atoms with van der Waals surface area (Å²) in [6, 6.07) is 6.74. The highest BCUT2D eigenvalue weighted by Crippen LogP contribution is 2.27. The van der Waals surface area contributed by atoms with Crippen molar-refractivity contribution < 1.29 is 17.3 Å². The van der Waals surface area contributed by atoms with E-state index in [4.69, 9.17) is 4.52 Å². The molecule has 0 atom stereocenters. The molecule has 0 bridgehead atoms. The van der Waals surface area contributed by atoms with Crippen LogP contribution in [0.1, 0.15) is 39.5 Å². The van der Waals surface area contributed by atoms with Crippen LogP contribution < -0.4 is 10.0 Å². The number of anilines is 1. The Morgan fingerprint density at radius 2 is 1.93 bits per heavy atom. The summed E-state index contributed by atoms with van der Waals surface area (Å²) in [5.74, 6) is 0.148. The predicted octanol–water partition coefficient (Wildman–Crippen LogP) is 3.17. The van der Waals surface area contributed by atoms with Crippen LogP contribution in [-0.2, 0) is 10.0 Å². The van der Waals surface area contributed by atoms with Gasteiger partial charge in [0.05, 0.1) is 10.8 Å². The van der Waals surface area contributed by atoms with E-state index in [-0.39, 0.29) is 17.9 Å². The molecule has 2 N–H and O–H groups in total. The summed E-state index contributed by atoms with van der Waals surface area (Å²) >= 11 is 0. The molecular weight excluding hydrogens is 371 g/mol. The highest BCUT2D eigenvalue weighted by Gasteiger charge is 2.25. The van der Waals surface area contributed by atoms with Gasteiger partial charge in [-0.15, -0.1) is 0 Å². The number of nitrogens with one attached hydrogen (secondary N) is 2. The molecule has 9 heteroatoms. The average molecular weight is 396 g/mol. The van der Waals surface area contributed by atoms with Crippen LogP contribution in [0.3, 0.4) is 0 Å². The number of nitrogens with zero attached hydrogens (tertiary/aromatic N) is 2. The first-order chi connectivity index (χ1) is 12.8. The molecule has 0 radical (unpaired) electrons. The second-order valence-corrected chi connectivity index (χ2v) is 9.53. The number of rotatable bonds is 7. The Morgan fingerprint density at radius 1 is 1.22 bits per heavy atom. The molecule has 3 rings (SSSR count). The van der Waals surface area contributed by atoms with Gasteiger partial charge in [0.2, 0.25) is 15.8 Å². The van der Waals surface area contributed by atoms with Crippen LogP contribution >= 0.6 is 0 Å². The first-order valence-electron chi connectivity index (χ1n) is 9.19. The van der Waals surface area contributed by atoms with Gasteiger partial charge in [0.15, 0.2) is 0 Å². The van der Waals surface area contributed by atoms with E-state index in [9.17, 15) is 12.8 Å². The Morgan fingerprint density at radius 3 is 2.59 bits per heavy atom. The topological polar surface area (TPSA) is 97.1 Å². The number of benzene rings is 1. The van der Waals surface area contributed by atoms with Gasteiger partial charge >= 0.3 is 6.01 Å². The summed E-state index contributed by atoms with van der Waals surface area (Å²) in [6.07, 6.45) is 3.58. The number of hydrogen-bond acceptors (Lipinski definition) is 6. The number of halogens is 1. The molecule has 0 saturated heterocycles. The Bertz CT molecular complexity index is 861. The Kier molecular flexibility index (Phi) is 6.11. The fourth-order valence-corrected chi connectivity index (χ4v) is 3.92. The lowest BCUT2D eigenvalue weighted by atomic mass is 9.86. The summed E-state index contributed by atoms with van der Waals surface area (Å²) in [5, 5.41) is 6.62. The van der Waals surface area contributed by atoms with Gasteiger partial charge in [0.25, 0.3) is 0 Å². The Hall–Kier alpha value is -2.00. The molecule has 1 aliphatic carbocycles. The van der Waals surface area contributed by atoms with Crippen molar-refractivity contribution in [3.8, 4) is 11.4 Å². The molecule has 148 valence electrons. The van der Waals surface area contributed by atoms with Crippen LogP contribution in [0.25, 0.3) is 11.4 Å². The van der Waals surface area contributed by atoms with Crippen LogP contribution in [-0.4, -0.2) is 36.4 Å². The van der Waals surface area contributed by atoms with Crippen molar-refractivity contribution in [3.05, 3.63) is 30.1 Å². The van der Waals surface area contributed by atoms with Gasteiger partial charge in [-0.05, 0) is 57.6 Å². The molecule has 0 aliphatic heterocycles. The average Bonchev–Trinajstić information content (AvgIpc) is 3.09. The van der Waals surface area contributed by atoms with E-state index in [1.165, 1.54) is 6.07 Å². The maximum Gasteiger partial charge on any atom is 0.322 e. The fraction of sp³-hybridized carbons (Fsp3) is 0.556. The molecule has 7 nitrogen and oxygen atoms in total. The summed E-state index contributed by atoms with van der Waals surface area (Å²) < 4.78 is 45.4. The quantitative estimate of drug-likeness (QED) is 0.746. The van der Waals surface area contributed by atoms with Crippen LogP contribution in [0.2, 0.25) is 0 Å². The van der Waals surface area contributed by atoms with Gasteiger partial charge in [-0.25, -0.2) is 17.5 Å². The lowest BCUT2D eigenvalue weighted by Crippen LogP contribution is -2.37. The van der Waals surface area contributed by atoms with Gasteiger partial charge in [-0.3, -0.25) is 0 Å². The molecular formula is C18H25FN4O3S. The lowest BCUT2D eigenvalue weighted by molar-refractivity contribution is 0.330. The molecule has 0 spiro atoms. The predicted molar refractivity (Wildman–Crippen MR) is 101 cm³/mol. The van der Waals surface area contributed by atoms with Crippen molar-refractivity contribution in [2.24, 2.45) is 5.92 Å². The van der Waals surface area contributed by atoms with E-state index in [1.54, 1.807) is 32.0 Å². The van der Waals surface area contributed by atoms with Crippen molar-refractivity contribution in [1.82, 2.24) is 14.9 Å². The number of sulfonamides is 1. The van der Waals surface area contributed by atoms with Gasteiger partial charge in [0.1, 0.15) is 5.82 Å². The second-order valence-electron chi connectivity index (χ2n) is 7.21. The largest absolute Gasteiger partial charge is 0.335 e. The molecule has 1 heterocycles. The molecule has 1 aromatic carbocycles. The van der Waals surface area contributed by atoms with Crippen LogP contribution in [0.5, 0.6) is 0 Å². The van der Waals surface area contributed by atoms with E-state index in [2.05, 4.69) is 20.2 Å². The Labute approximate surface area is 158 Å². The van der Waals surface area contributed by atoms with Crippen LogP contribution in [0.4, 0.5) is 10.4 Å². The zero-order valence-corrected chi connectivity index (χ0v) is 16.3. The summed E-state index contributed by atoms with van der Waals surface area (Å²) in [6.45, 7) is 3.82. The van der Waals surface area contributed by atoms with Crippen molar-refractivity contribution in [3.63, 3.8) is 0 Å². The highest BCUT2D eigenvalue weighted by molar-refractivity contribution is 7.90. The molecule has 1 aliphatic rings. The van der Waals surface area contributed by atoms with Gasteiger partial charge in [-0.2, -0.15) is 4.98 Å². The van der Waals surface area contributed by atoms with Crippen LogP contribution in [0, 0.1) is 11.7 Å². The van der Waals surface area contributed by atoms with E-state index in [0.717, 1.165) is 25.7 Å². The SMILES string of the molecule is CC(C)S(=O)(=O)NC[C@H]1CC[C@H](Nc2nc(-c3ccccc3F)no2)CC1. The van der Waals surface area contributed by atoms with Gasteiger partial charge in [-0.1, -0.05) is 17.3 Å². The minimum absolute atomic E-state index is 0.178. The zero-order valence-electron chi connectivity index (χ0n) is 15.5. The van der Waals surface area contributed by atoms with Gasteiger partial charge in [0, 0.05) is 12.6 Å². The summed E-state index contributed by atoms with van der Waals surface area (Å²) in [7, 11) is -3.22. The minimum atomic E-state index is -3.22. The highest BCUT2D eigenvalue weighted by atomic mass is 32.2. The minimum Gasteiger partial charge on any atom is -0.335 e. The number of aromatic nitrogens is 2. The molecule has 1 saturated carbocycles. The molecule has 2 aromatic rings. The Balaban J connectivity index is 1.49. The first-order valence-corrected chi connectivity index (χ1v) is 10.7. The third-order valence-electron chi connectivity index (χ3n) is 4.91. The lowest BCUT2D eigenvalue weighted by Gasteiger charge is -2.28. The van der Waals surface area contributed by atoms with Crippen molar-refractivity contribution in [1.29, 1.82) is 0 Å². The third kappa shape index (κ3) is 5.04. The zero-order chi connectivity index (χ0) is 19.4.